The summed E-state index contributed by atoms with van der Waals surface area (Å²) in [4.78, 5) is 28.7. The van der Waals surface area contributed by atoms with Crippen LogP contribution in [0.1, 0.15) is 41.0 Å². The minimum absolute atomic E-state index is 0.0394. The van der Waals surface area contributed by atoms with Crippen molar-refractivity contribution in [2.45, 2.75) is 38.0 Å². The predicted octanol–water partition coefficient (Wildman–Crippen LogP) is 3.95. The maximum atomic E-state index is 12.9. The first kappa shape index (κ1) is 19.5. The normalized spacial score (nSPS) is 19.4. The molecule has 2 aliphatic heterocycles. The van der Waals surface area contributed by atoms with Gasteiger partial charge in [0.2, 0.25) is 11.8 Å². The number of halogens is 3. The number of carbonyl (C=O) groups is 2. The maximum absolute atomic E-state index is 12.9. The monoisotopic (exact) mass is 402 g/mol. The number of piperidine rings is 1. The lowest BCUT2D eigenvalue weighted by molar-refractivity contribution is -0.143. The molecule has 0 aliphatic carbocycles. The van der Waals surface area contributed by atoms with E-state index in [9.17, 15) is 22.8 Å². The molecular formula is C22H21F3N2O2. The van der Waals surface area contributed by atoms with E-state index in [0.29, 0.717) is 12.1 Å². The largest absolute Gasteiger partial charge is 0.416 e. The van der Waals surface area contributed by atoms with E-state index in [4.69, 9.17) is 0 Å². The summed E-state index contributed by atoms with van der Waals surface area (Å²) in [5.41, 5.74) is 1.48. The van der Waals surface area contributed by atoms with Gasteiger partial charge in [-0.25, -0.2) is 0 Å². The summed E-state index contributed by atoms with van der Waals surface area (Å²) in [5.74, 6) is -0.549. The van der Waals surface area contributed by atoms with Gasteiger partial charge >= 0.3 is 6.18 Å². The second-order valence-electron chi connectivity index (χ2n) is 7.60. The quantitative estimate of drug-likeness (QED) is 0.780. The Bertz CT molecular complexity index is 927. The standard InChI is InChI=1S/C22H21F3N2O2/c23-22(24,25)18-9-8-16-12-27(13-17(16)11-18)20(28)14-26-10-4-7-19(21(26)29)15-5-2-1-3-6-15/h1-3,5-6,8-9,11,19H,4,7,10,12-14H2. The van der Waals surface area contributed by atoms with Crippen LogP contribution in [0, 0.1) is 0 Å². The average molecular weight is 402 g/mol. The van der Waals surface area contributed by atoms with E-state index in [-0.39, 0.29) is 37.4 Å². The fourth-order valence-corrected chi connectivity index (χ4v) is 4.10. The van der Waals surface area contributed by atoms with Crippen LogP contribution in [0.2, 0.25) is 0 Å². The molecule has 2 heterocycles. The van der Waals surface area contributed by atoms with Gasteiger partial charge in [0.1, 0.15) is 0 Å². The smallest absolute Gasteiger partial charge is 0.333 e. The van der Waals surface area contributed by atoms with Crippen molar-refractivity contribution >= 4 is 11.8 Å². The first-order chi connectivity index (χ1) is 13.8. The molecule has 1 atom stereocenters. The van der Waals surface area contributed by atoms with Crippen LogP contribution in [-0.4, -0.2) is 34.7 Å². The molecule has 152 valence electrons. The van der Waals surface area contributed by atoms with Crippen LogP contribution in [0.3, 0.4) is 0 Å². The second-order valence-corrected chi connectivity index (χ2v) is 7.60. The fraction of sp³-hybridized carbons (Fsp3) is 0.364. The lowest BCUT2D eigenvalue weighted by Gasteiger charge is -2.33. The number of fused-ring (bicyclic) bond motifs is 1. The summed E-state index contributed by atoms with van der Waals surface area (Å²) >= 11 is 0. The Balaban J connectivity index is 1.42. The lowest BCUT2D eigenvalue weighted by Crippen LogP contribution is -2.46. The highest BCUT2D eigenvalue weighted by Gasteiger charge is 2.35. The van der Waals surface area contributed by atoms with Crippen molar-refractivity contribution in [2.24, 2.45) is 0 Å². The van der Waals surface area contributed by atoms with Crippen molar-refractivity contribution in [3.8, 4) is 0 Å². The molecule has 0 N–H and O–H groups in total. The molecule has 0 saturated carbocycles. The highest BCUT2D eigenvalue weighted by Crippen LogP contribution is 2.33. The van der Waals surface area contributed by atoms with E-state index in [2.05, 4.69) is 0 Å². The zero-order chi connectivity index (χ0) is 20.6. The zero-order valence-electron chi connectivity index (χ0n) is 15.8. The summed E-state index contributed by atoms with van der Waals surface area (Å²) < 4.78 is 38.7. The number of alkyl halides is 3. The summed E-state index contributed by atoms with van der Waals surface area (Å²) in [6.07, 6.45) is -2.84. The third-order valence-corrected chi connectivity index (χ3v) is 5.67. The summed E-state index contributed by atoms with van der Waals surface area (Å²) in [5, 5.41) is 0. The van der Waals surface area contributed by atoms with Crippen molar-refractivity contribution in [1.29, 1.82) is 0 Å². The first-order valence-electron chi connectivity index (χ1n) is 9.63. The van der Waals surface area contributed by atoms with Gasteiger partial charge in [-0.05, 0) is 41.7 Å². The molecule has 0 bridgehead atoms. The number of amides is 2. The van der Waals surface area contributed by atoms with Gasteiger partial charge in [-0.3, -0.25) is 9.59 Å². The van der Waals surface area contributed by atoms with Gasteiger partial charge < -0.3 is 9.80 Å². The Kier molecular flexibility index (Phi) is 5.06. The minimum atomic E-state index is -4.40. The minimum Gasteiger partial charge on any atom is -0.333 e. The van der Waals surface area contributed by atoms with Gasteiger partial charge in [0.25, 0.3) is 0 Å². The molecule has 0 spiro atoms. The van der Waals surface area contributed by atoms with Crippen molar-refractivity contribution in [2.75, 3.05) is 13.1 Å². The molecule has 2 aromatic carbocycles. The number of carbonyl (C=O) groups excluding carboxylic acids is 2. The number of rotatable bonds is 3. The molecule has 29 heavy (non-hydrogen) atoms. The van der Waals surface area contributed by atoms with Gasteiger partial charge in [-0.2, -0.15) is 13.2 Å². The van der Waals surface area contributed by atoms with Crippen molar-refractivity contribution < 1.29 is 22.8 Å². The Morgan fingerprint density at radius 1 is 1.03 bits per heavy atom. The van der Waals surface area contributed by atoms with Crippen molar-refractivity contribution in [3.05, 3.63) is 70.8 Å². The third-order valence-electron chi connectivity index (χ3n) is 5.67. The number of nitrogens with zero attached hydrogens (tertiary/aromatic N) is 2. The lowest BCUT2D eigenvalue weighted by atomic mass is 9.90. The van der Waals surface area contributed by atoms with Crippen molar-refractivity contribution in [1.82, 2.24) is 9.80 Å². The molecule has 2 aromatic rings. The number of hydrogen-bond donors (Lipinski definition) is 0. The Labute approximate surface area is 166 Å². The van der Waals surface area contributed by atoms with Crippen LogP contribution in [0.15, 0.2) is 48.5 Å². The van der Waals surface area contributed by atoms with Crippen LogP contribution >= 0.6 is 0 Å². The highest BCUT2D eigenvalue weighted by atomic mass is 19.4. The van der Waals surface area contributed by atoms with Gasteiger partial charge in [0.15, 0.2) is 0 Å². The van der Waals surface area contributed by atoms with Crippen LogP contribution in [0.25, 0.3) is 0 Å². The van der Waals surface area contributed by atoms with Crippen molar-refractivity contribution in [3.63, 3.8) is 0 Å². The molecule has 7 heteroatoms. The Morgan fingerprint density at radius 3 is 2.48 bits per heavy atom. The number of hydrogen-bond acceptors (Lipinski definition) is 2. The molecule has 0 aromatic heterocycles. The first-order valence-corrected chi connectivity index (χ1v) is 9.63. The van der Waals surface area contributed by atoms with Gasteiger partial charge in [0.05, 0.1) is 18.0 Å². The zero-order valence-corrected chi connectivity index (χ0v) is 15.8. The van der Waals surface area contributed by atoms with Gasteiger partial charge in [0, 0.05) is 19.6 Å². The highest BCUT2D eigenvalue weighted by molar-refractivity contribution is 5.89. The van der Waals surface area contributed by atoms with E-state index in [0.717, 1.165) is 36.1 Å². The van der Waals surface area contributed by atoms with Crippen LogP contribution in [0.5, 0.6) is 0 Å². The van der Waals surface area contributed by atoms with Gasteiger partial charge in [-0.15, -0.1) is 0 Å². The topological polar surface area (TPSA) is 40.6 Å². The molecule has 4 rings (SSSR count). The Hall–Kier alpha value is -2.83. The molecule has 1 unspecified atom stereocenters. The summed E-state index contributed by atoms with van der Waals surface area (Å²) in [6, 6.07) is 13.1. The molecule has 4 nitrogen and oxygen atoms in total. The fourth-order valence-electron chi connectivity index (χ4n) is 4.10. The van der Waals surface area contributed by atoms with E-state index in [1.807, 2.05) is 30.3 Å². The molecular weight excluding hydrogens is 381 g/mol. The van der Waals surface area contributed by atoms with E-state index >= 15 is 0 Å². The van der Waals surface area contributed by atoms with E-state index in [1.165, 1.54) is 11.0 Å². The van der Waals surface area contributed by atoms with Crippen LogP contribution < -0.4 is 0 Å². The van der Waals surface area contributed by atoms with E-state index < -0.39 is 11.7 Å². The summed E-state index contributed by atoms with van der Waals surface area (Å²) in [6.45, 7) is 0.897. The SMILES string of the molecule is O=C(CN1CCCC(c2ccccc2)C1=O)N1Cc2ccc(C(F)(F)F)cc2C1. The second kappa shape index (κ2) is 7.54. The maximum Gasteiger partial charge on any atom is 0.416 e. The third kappa shape index (κ3) is 3.99. The predicted molar refractivity (Wildman–Crippen MR) is 101 cm³/mol. The number of likely N-dealkylation sites (tertiary alicyclic amines) is 1. The average Bonchev–Trinajstić information content (AvgIpc) is 3.13. The molecule has 0 radical (unpaired) electrons. The van der Waals surface area contributed by atoms with Gasteiger partial charge in [-0.1, -0.05) is 36.4 Å². The molecule has 1 fully saturated rings. The molecule has 1 saturated heterocycles. The molecule has 2 amide bonds. The number of benzene rings is 2. The van der Waals surface area contributed by atoms with E-state index in [1.54, 1.807) is 4.90 Å². The summed E-state index contributed by atoms with van der Waals surface area (Å²) in [7, 11) is 0. The Morgan fingerprint density at radius 2 is 1.76 bits per heavy atom. The van der Waals surface area contributed by atoms with Crippen LogP contribution in [-0.2, 0) is 28.9 Å². The van der Waals surface area contributed by atoms with Crippen LogP contribution in [0.4, 0.5) is 13.2 Å². The molecule has 2 aliphatic rings.